The van der Waals surface area contributed by atoms with Crippen LogP contribution in [0.1, 0.15) is 31.7 Å². The summed E-state index contributed by atoms with van der Waals surface area (Å²) >= 11 is 0. The van der Waals surface area contributed by atoms with Gasteiger partial charge in [0.1, 0.15) is 12.1 Å². The first kappa shape index (κ1) is 18.1. The van der Waals surface area contributed by atoms with E-state index in [4.69, 9.17) is 0 Å². The van der Waals surface area contributed by atoms with E-state index in [-0.39, 0.29) is 41.9 Å². The fraction of sp³-hybridized carbons (Fsp3) is 0.545. The second-order valence-corrected chi connectivity index (χ2v) is 8.79. The standard InChI is InChI=1S/C22H23N5O2/c1-13(21(28)26-16(10-24)6-15-7-19(15)26)11-25-12-17-8-20(25)22(29)27(17)18-5-3-2-4-14(18)9-23/h2-5,13,15-17,19-20H,6-8,11-12H2,1H3/t13-,15+,16-,17+,19?,20+/m0/s1. The highest BCUT2D eigenvalue weighted by atomic mass is 16.2. The third-order valence-electron chi connectivity index (χ3n) is 6.99. The van der Waals surface area contributed by atoms with Crippen LogP contribution in [0, 0.1) is 34.5 Å². The molecule has 0 N–H and O–H groups in total. The molecule has 7 heteroatoms. The molecule has 0 radical (unpaired) electrons. The minimum Gasteiger partial charge on any atom is -0.323 e. The number of hydrogen-bond donors (Lipinski definition) is 0. The lowest BCUT2D eigenvalue weighted by atomic mass is 10.1. The Bertz CT molecular complexity index is 963. The van der Waals surface area contributed by atoms with Gasteiger partial charge in [0.15, 0.2) is 0 Å². The molecule has 3 aliphatic heterocycles. The van der Waals surface area contributed by atoms with Crippen molar-refractivity contribution in [1.29, 1.82) is 10.5 Å². The third kappa shape index (κ3) is 2.73. The van der Waals surface area contributed by atoms with Crippen molar-refractivity contribution in [1.82, 2.24) is 9.80 Å². The van der Waals surface area contributed by atoms with Crippen molar-refractivity contribution >= 4 is 17.5 Å². The molecule has 4 fully saturated rings. The lowest BCUT2D eigenvalue weighted by Crippen LogP contribution is -2.53. The van der Waals surface area contributed by atoms with Crippen LogP contribution >= 0.6 is 0 Å². The lowest BCUT2D eigenvalue weighted by Gasteiger charge is -2.36. The SMILES string of the molecule is C[C@@H](CN1C[C@H]2C[C@@H]1C(=O)N2c1ccccc1C#N)C(=O)N1C2C[C@H]2C[C@H]1C#N. The summed E-state index contributed by atoms with van der Waals surface area (Å²) in [7, 11) is 0. The van der Waals surface area contributed by atoms with Crippen LogP contribution in [0.3, 0.4) is 0 Å². The van der Waals surface area contributed by atoms with E-state index in [2.05, 4.69) is 17.0 Å². The molecule has 3 saturated heterocycles. The summed E-state index contributed by atoms with van der Waals surface area (Å²) in [4.78, 5) is 31.8. The number of piperazine rings is 1. The van der Waals surface area contributed by atoms with E-state index in [0.717, 1.165) is 19.3 Å². The van der Waals surface area contributed by atoms with Crippen molar-refractivity contribution in [3.05, 3.63) is 29.8 Å². The van der Waals surface area contributed by atoms with Crippen molar-refractivity contribution in [3.63, 3.8) is 0 Å². The highest BCUT2D eigenvalue weighted by molar-refractivity contribution is 6.02. The van der Waals surface area contributed by atoms with Crippen LogP contribution in [0.25, 0.3) is 0 Å². The Hall–Kier alpha value is -2.90. The zero-order chi connectivity index (χ0) is 20.3. The summed E-state index contributed by atoms with van der Waals surface area (Å²) in [5.74, 6) is 0.330. The first-order chi connectivity index (χ1) is 14.0. The van der Waals surface area contributed by atoms with Gasteiger partial charge in [0.25, 0.3) is 0 Å². The van der Waals surface area contributed by atoms with Crippen molar-refractivity contribution in [2.75, 3.05) is 18.0 Å². The molecule has 5 rings (SSSR count). The van der Waals surface area contributed by atoms with Gasteiger partial charge in [-0.2, -0.15) is 10.5 Å². The predicted octanol–water partition coefficient (Wildman–Crippen LogP) is 1.50. The molecular formula is C22H23N5O2. The molecule has 1 unspecified atom stereocenters. The van der Waals surface area contributed by atoms with E-state index >= 15 is 0 Å². The maximum absolute atomic E-state index is 13.0. The van der Waals surface area contributed by atoms with Gasteiger partial charge in [0.05, 0.1) is 29.4 Å². The first-order valence-electron chi connectivity index (χ1n) is 10.3. The van der Waals surface area contributed by atoms with Crippen LogP contribution in [0.15, 0.2) is 24.3 Å². The summed E-state index contributed by atoms with van der Waals surface area (Å²) in [6.07, 6.45) is 2.56. The topological polar surface area (TPSA) is 91.4 Å². The normalized spacial score (nSPS) is 33.3. The van der Waals surface area contributed by atoms with E-state index in [1.165, 1.54) is 0 Å². The monoisotopic (exact) mass is 389 g/mol. The van der Waals surface area contributed by atoms with Crippen LogP contribution in [-0.4, -0.2) is 58.9 Å². The highest BCUT2D eigenvalue weighted by Gasteiger charge is 2.55. The first-order valence-corrected chi connectivity index (χ1v) is 10.3. The van der Waals surface area contributed by atoms with Crippen LogP contribution in [0.2, 0.25) is 0 Å². The number of anilines is 1. The largest absolute Gasteiger partial charge is 0.323 e. The number of carbonyl (C=O) groups is 2. The van der Waals surface area contributed by atoms with Crippen molar-refractivity contribution in [3.8, 4) is 12.1 Å². The second-order valence-electron chi connectivity index (χ2n) is 8.79. The van der Waals surface area contributed by atoms with Crippen molar-refractivity contribution in [2.24, 2.45) is 11.8 Å². The Kier molecular flexibility index (Phi) is 4.11. The molecule has 0 aromatic heterocycles. The van der Waals surface area contributed by atoms with E-state index in [1.54, 1.807) is 21.9 Å². The molecule has 1 aromatic carbocycles. The summed E-state index contributed by atoms with van der Waals surface area (Å²) in [5.41, 5.74) is 1.20. The van der Waals surface area contributed by atoms with Gasteiger partial charge in [0, 0.05) is 25.0 Å². The minimum atomic E-state index is -0.289. The van der Waals surface area contributed by atoms with E-state index < -0.39 is 0 Å². The fourth-order valence-electron chi connectivity index (χ4n) is 5.53. The molecule has 3 heterocycles. The molecule has 0 spiro atoms. The lowest BCUT2D eigenvalue weighted by molar-refractivity contribution is -0.137. The Labute approximate surface area is 170 Å². The number of carbonyl (C=O) groups excluding carboxylic acids is 2. The number of hydrogen-bond acceptors (Lipinski definition) is 5. The van der Waals surface area contributed by atoms with Gasteiger partial charge >= 0.3 is 0 Å². The Morgan fingerprint density at radius 2 is 2.03 bits per heavy atom. The molecule has 2 bridgehead atoms. The molecule has 1 aromatic rings. The van der Waals surface area contributed by atoms with E-state index in [9.17, 15) is 20.1 Å². The smallest absolute Gasteiger partial charge is 0.244 e. The Balaban J connectivity index is 1.27. The molecule has 6 atom stereocenters. The molecule has 1 aliphatic carbocycles. The molecule has 148 valence electrons. The predicted molar refractivity (Wildman–Crippen MR) is 104 cm³/mol. The summed E-state index contributed by atoms with van der Waals surface area (Å²) < 4.78 is 0. The van der Waals surface area contributed by atoms with E-state index in [0.29, 0.717) is 30.3 Å². The van der Waals surface area contributed by atoms with Gasteiger partial charge in [0.2, 0.25) is 11.8 Å². The third-order valence-corrected chi connectivity index (χ3v) is 6.99. The number of piperidine rings is 1. The maximum Gasteiger partial charge on any atom is 0.244 e. The van der Waals surface area contributed by atoms with Crippen LogP contribution in [0.5, 0.6) is 0 Å². The number of nitriles is 2. The van der Waals surface area contributed by atoms with Gasteiger partial charge in [-0.3, -0.25) is 14.5 Å². The van der Waals surface area contributed by atoms with Gasteiger partial charge in [-0.1, -0.05) is 19.1 Å². The molecule has 1 saturated carbocycles. The number of para-hydroxylation sites is 1. The van der Waals surface area contributed by atoms with Crippen molar-refractivity contribution < 1.29 is 9.59 Å². The maximum atomic E-state index is 13.0. The van der Waals surface area contributed by atoms with Crippen LogP contribution < -0.4 is 4.90 Å². The molecule has 2 amide bonds. The number of likely N-dealkylation sites (tertiary alicyclic amines) is 2. The number of benzene rings is 1. The number of nitrogens with zero attached hydrogens (tertiary/aromatic N) is 5. The quantitative estimate of drug-likeness (QED) is 0.778. The van der Waals surface area contributed by atoms with Gasteiger partial charge < -0.3 is 9.80 Å². The number of rotatable bonds is 4. The summed E-state index contributed by atoms with van der Waals surface area (Å²) in [6.45, 7) is 3.15. The summed E-state index contributed by atoms with van der Waals surface area (Å²) in [5, 5.41) is 18.7. The average molecular weight is 389 g/mol. The van der Waals surface area contributed by atoms with Gasteiger partial charge in [-0.25, -0.2) is 0 Å². The zero-order valence-corrected chi connectivity index (χ0v) is 16.4. The number of fused-ring (bicyclic) bond motifs is 3. The van der Waals surface area contributed by atoms with Crippen molar-refractivity contribution in [2.45, 2.75) is 50.4 Å². The second kappa shape index (κ2) is 6.57. The molecule has 7 nitrogen and oxygen atoms in total. The van der Waals surface area contributed by atoms with Gasteiger partial charge in [-0.05, 0) is 37.3 Å². The minimum absolute atomic E-state index is 0.0157. The zero-order valence-electron chi connectivity index (χ0n) is 16.4. The van der Waals surface area contributed by atoms with Crippen LogP contribution in [-0.2, 0) is 9.59 Å². The van der Waals surface area contributed by atoms with Crippen LogP contribution in [0.4, 0.5) is 5.69 Å². The number of amides is 2. The highest BCUT2D eigenvalue weighted by Crippen LogP contribution is 2.48. The molecular weight excluding hydrogens is 366 g/mol. The molecule has 4 aliphatic rings. The average Bonchev–Trinajstić information content (AvgIpc) is 3.07. The van der Waals surface area contributed by atoms with E-state index in [1.807, 2.05) is 19.1 Å². The Morgan fingerprint density at radius 1 is 1.24 bits per heavy atom. The van der Waals surface area contributed by atoms with Gasteiger partial charge in [-0.15, -0.1) is 0 Å². The molecule has 29 heavy (non-hydrogen) atoms. The Morgan fingerprint density at radius 3 is 2.76 bits per heavy atom. The fourth-order valence-corrected chi connectivity index (χ4v) is 5.53. The summed E-state index contributed by atoms with van der Waals surface area (Å²) in [6, 6.07) is 11.4.